The van der Waals surface area contributed by atoms with Gasteiger partial charge in [0.15, 0.2) is 0 Å². The van der Waals surface area contributed by atoms with Crippen molar-refractivity contribution in [1.29, 1.82) is 0 Å². The van der Waals surface area contributed by atoms with Crippen molar-refractivity contribution < 1.29 is 9.53 Å². The molecule has 0 bridgehead atoms. The third-order valence-electron chi connectivity index (χ3n) is 2.46. The Kier molecular flexibility index (Phi) is 6.44. The topological polar surface area (TPSA) is 55.6 Å². The molecule has 0 saturated heterocycles. The molecule has 0 aliphatic carbocycles. The summed E-state index contributed by atoms with van der Waals surface area (Å²) in [5, 5.41) is 1.98. The second-order valence-electron chi connectivity index (χ2n) is 3.85. The van der Waals surface area contributed by atoms with Gasteiger partial charge in [0.05, 0.1) is 19.2 Å². The first-order valence-corrected chi connectivity index (χ1v) is 6.56. The van der Waals surface area contributed by atoms with Crippen LogP contribution in [0.3, 0.4) is 0 Å². The molecule has 1 amide bonds. The van der Waals surface area contributed by atoms with Crippen molar-refractivity contribution >= 4 is 17.2 Å². The highest BCUT2D eigenvalue weighted by Gasteiger charge is 2.20. The molecule has 0 aliphatic heterocycles. The van der Waals surface area contributed by atoms with Crippen molar-refractivity contribution in [3.8, 4) is 12.3 Å². The number of amides is 1. The van der Waals surface area contributed by atoms with Gasteiger partial charge in [0.1, 0.15) is 0 Å². The fraction of sp³-hybridized carbons (Fsp3) is 0.462. The van der Waals surface area contributed by atoms with E-state index >= 15 is 0 Å². The molecule has 1 rings (SSSR count). The molecule has 5 heteroatoms. The molecule has 1 aromatic rings. The molecule has 2 N–H and O–H groups in total. The van der Waals surface area contributed by atoms with Crippen molar-refractivity contribution in [2.24, 2.45) is 5.73 Å². The van der Waals surface area contributed by atoms with E-state index in [1.807, 2.05) is 17.5 Å². The van der Waals surface area contributed by atoms with Gasteiger partial charge in [0, 0.05) is 25.0 Å². The molecule has 18 heavy (non-hydrogen) atoms. The minimum absolute atomic E-state index is 0.126. The van der Waals surface area contributed by atoms with Gasteiger partial charge < -0.3 is 15.4 Å². The Labute approximate surface area is 112 Å². The van der Waals surface area contributed by atoms with Crippen molar-refractivity contribution in [1.82, 2.24) is 4.90 Å². The van der Waals surface area contributed by atoms with Gasteiger partial charge >= 0.3 is 0 Å². The average molecular weight is 266 g/mol. The first-order chi connectivity index (χ1) is 8.69. The lowest BCUT2D eigenvalue weighted by molar-refractivity contribution is -0.133. The summed E-state index contributed by atoms with van der Waals surface area (Å²) < 4.78 is 5.01. The maximum Gasteiger partial charge on any atom is 0.240 e. The minimum atomic E-state index is -0.633. The zero-order valence-corrected chi connectivity index (χ0v) is 11.3. The van der Waals surface area contributed by atoms with Gasteiger partial charge in [-0.3, -0.25) is 4.79 Å². The van der Waals surface area contributed by atoms with E-state index in [1.54, 1.807) is 23.3 Å². The number of nitrogens with two attached hydrogens (primary N) is 1. The monoisotopic (exact) mass is 266 g/mol. The maximum atomic E-state index is 12.1. The summed E-state index contributed by atoms with van der Waals surface area (Å²) in [6.45, 7) is 1.56. The van der Waals surface area contributed by atoms with Gasteiger partial charge in [0.2, 0.25) is 5.91 Å². The molecule has 1 aromatic heterocycles. The van der Waals surface area contributed by atoms with Gasteiger partial charge in [-0.25, -0.2) is 0 Å². The highest BCUT2D eigenvalue weighted by Crippen LogP contribution is 2.12. The lowest BCUT2D eigenvalue weighted by Crippen LogP contribution is -2.44. The maximum absolute atomic E-state index is 12.1. The van der Waals surface area contributed by atoms with E-state index < -0.39 is 6.04 Å². The number of hydrogen-bond donors (Lipinski definition) is 1. The molecule has 0 spiro atoms. The molecule has 1 heterocycles. The number of nitrogens with zero attached hydrogens (tertiary/aromatic N) is 1. The van der Waals surface area contributed by atoms with Crippen LogP contribution in [0.15, 0.2) is 17.5 Å². The predicted molar refractivity (Wildman–Crippen MR) is 73.0 cm³/mol. The lowest BCUT2D eigenvalue weighted by Gasteiger charge is -2.24. The van der Waals surface area contributed by atoms with Crippen LogP contribution in [0.1, 0.15) is 11.3 Å². The molecule has 0 fully saturated rings. The van der Waals surface area contributed by atoms with Gasteiger partial charge in [0.25, 0.3) is 0 Å². The van der Waals surface area contributed by atoms with E-state index in [2.05, 4.69) is 5.92 Å². The molecule has 0 saturated carbocycles. The Morgan fingerprint density at radius 3 is 3.06 bits per heavy atom. The van der Waals surface area contributed by atoms with Gasteiger partial charge in [-0.1, -0.05) is 6.07 Å². The molecule has 98 valence electrons. The van der Waals surface area contributed by atoms with Crippen molar-refractivity contribution in [2.45, 2.75) is 19.0 Å². The highest BCUT2D eigenvalue weighted by molar-refractivity contribution is 7.09. The summed E-state index contributed by atoms with van der Waals surface area (Å²) in [6.07, 6.45) is 5.44. The van der Waals surface area contributed by atoms with E-state index in [0.29, 0.717) is 19.7 Å². The second kappa shape index (κ2) is 7.88. The highest BCUT2D eigenvalue weighted by atomic mass is 32.1. The van der Waals surface area contributed by atoms with Crippen LogP contribution in [0.4, 0.5) is 0 Å². The summed E-state index contributed by atoms with van der Waals surface area (Å²) in [7, 11) is 1.61. The Bertz CT molecular complexity index is 398. The summed E-state index contributed by atoms with van der Waals surface area (Å²) in [5.74, 6) is 2.29. The molecule has 0 aromatic carbocycles. The number of carbonyl (C=O) groups is 1. The normalized spacial score (nSPS) is 11.8. The Balaban J connectivity index is 2.65. The van der Waals surface area contributed by atoms with Crippen molar-refractivity contribution in [2.75, 3.05) is 20.3 Å². The Morgan fingerprint density at radius 2 is 2.50 bits per heavy atom. The number of terminal acetylenes is 1. The SMILES string of the molecule is C#CCC(N)C(=O)N(CCOC)Cc1cccs1. The predicted octanol–water partition coefficient (Wildman–Crippen LogP) is 1.07. The first kappa shape index (κ1) is 14.7. The summed E-state index contributed by atoms with van der Waals surface area (Å²) in [5.41, 5.74) is 5.76. The molecule has 1 atom stereocenters. The van der Waals surface area contributed by atoms with Gasteiger partial charge in [-0.2, -0.15) is 0 Å². The molecule has 1 unspecified atom stereocenters. The van der Waals surface area contributed by atoms with Crippen molar-refractivity contribution in [3.05, 3.63) is 22.4 Å². The van der Waals surface area contributed by atoms with E-state index in [9.17, 15) is 4.79 Å². The lowest BCUT2D eigenvalue weighted by atomic mass is 10.2. The number of carbonyl (C=O) groups excluding carboxylic acids is 1. The van der Waals surface area contributed by atoms with Crippen molar-refractivity contribution in [3.63, 3.8) is 0 Å². The smallest absolute Gasteiger partial charge is 0.240 e. The van der Waals surface area contributed by atoms with E-state index in [1.165, 1.54) is 0 Å². The first-order valence-electron chi connectivity index (χ1n) is 5.68. The van der Waals surface area contributed by atoms with Crippen LogP contribution in [-0.4, -0.2) is 37.1 Å². The molecule has 0 aliphatic rings. The third-order valence-corrected chi connectivity index (χ3v) is 3.32. The second-order valence-corrected chi connectivity index (χ2v) is 4.88. The van der Waals surface area contributed by atoms with Crippen LogP contribution in [0.2, 0.25) is 0 Å². The van der Waals surface area contributed by atoms with Gasteiger partial charge in [-0.15, -0.1) is 23.7 Å². The van der Waals surface area contributed by atoms with E-state index in [0.717, 1.165) is 4.88 Å². The Hall–Kier alpha value is -1.35. The van der Waals surface area contributed by atoms with Crippen LogP contribution in [-0.2, 0) is 16.1 Å². The van der Waals surface area contributed by atoms with Crippen LogP contribution < -0.4 is 5.73 Å². The summed E-state index contributed by atoms with van der Waals surface area (Å²) in [6, 6.07) is 3.32. The van der Waals surface area contributed by atoms with Gasteiger partial charge in [-0.05, 0) is 11.4 Å². The Morgan fingerprint density at radius 1 is 1.72 bits per heavy atom. The number of ether oxygens (including phenoxy) is 1. The number of rotatable bonds is 7. The molecule has 0 radical (unpaired) electrons. The standard InChI is InChI=1S/C13H18N2O2S/c1-3-5-12(14)13(16)15(7-8-17-2)10-11-6-4-9-18-11/h1,4,6,9,12H,5,7-8,10,14H2,2H3. The quantitative estimate of drug-likeness (QED) is 0.751. The summed E-state index contributed by atoms with van der Waals surface area (Å²) >= 11 is 1.61. The fourth-order valence-electron chi connectivity index (χ4n) is 1.51. The molecule has 4 nitrogen and oxygen atoms in total. The summed E-state index contributed by atoms with van der Waals surface area (Å²) in [4.78, 5) is 14.9. The van der Waals surface area contributed by atoms with Crippen LogP contribution in [0.25, 0.3) is 0 Å². The zero-order chi connectivity index (χ0) is 13.4. The molecular weight excluding hydrogens is 248 g/mol. The number of methoxy groups -OCH3 is 1. The molecular formula is C13H18N2O2S. The third kappa shape index (κ3) is 4.49. The van der Waals surface area contributed by atoms with E-state index in [-0.39, 0.29) is 12.3 Å². The average Bonchev–Trinajstić information content (AvgIpc) is 2.86. The van der Waals surface area contributed by atoms with Crippen LogP contribution >= 0.6 is 11.3 Å². The largest absolute Gasteiger partial charge is 0.383 e. The number of hydrogen-bond acceptors (Lipinski definition) is 4. The zero-order valence-electron chi connectivity index (χ0n) is 10.5. The van der Waals surface area contributed by atoms with E-state index in [4.69, 9.17) is 16.9 Å². The minimum Gasteiger partial charge on any atom is -0.383 e. The van der Waals surface area contributed by atoms with Crippen LogP contribution in [0, 0.1) is 12.3 Å². The fourth-order valence-corrected chi connectivity index (χ4v) is 2.23. The number of thiophene rings is 1. The van der Waals surface area contributed by atoms with Crippen LogP contribution in [0.5, 0.6) is 0 Å².